The zero-order chi connectivity index (χ0) is 9.56. The van der Waals surface area contributed by atoms with Crippen LogP contribution in [0.5, 0.6) is 0 Å². The van der Waals surface area contributed by atoms with Crippen LogP contribution in [-0.2, 0) is 0 Å². The highest BCUT2D eigenvalue weighted by molar-refractivity contribution is 7.98. The van der Waals surface area contributed by atoms with Crippen LogP contribution in [0.2, 0.25) is 0 Å². The topological polar surface area (TPSA) is 20.2 Å². The molecule has 74 valence electrons. The van der Waals surface area contributed by atoms with E-state index in [2.05, 4.69) is 20.1 Å². The van der Waals surface area contributed by atoms with Crippen molar-refractivity contribution in [2.45, 2.75) is 39.7 Å². The fourth-order valence-corrected chi connectivity index (χ4v) is 2.05. The maximum absolute atomic E-state index is 9.48. The van der Waals surface area contributed by atoms with Crippen molar-refractivity contribution in [1.82, 2.24) is 0 Å². The van der Waals surface area contributed by atoms with Gasteiger partial charge < -0.3 is 5.11 Å². The fraction of sp³-hybridized carbons (Fsp3) is 1.00. The lowest BCUT2D eigenvalue weighted by molar-refractivity contribution is 0.0916. The third-order valence-electron chi connectivity index (χ3n) is 2.36. The third kappa shape index (κ3) is 5.04. The van der Waals surface area contributed by atoms with E-state index in [0.29, 0.717) is 11.8 Å². The average molecular weight is 190 g/mol. The van der Waals surface area contributed by atoms with Gasteiger partial charge in [-0.15, -0.1) is 0 Å². The van der Waals surface area contributed by atoms with Crippen LogP contribution in [0.4, 0.5) is 0 Å². The molecule has 0 aromatic heterocycles. The molecule has 1 N–H and O–H groups in total. The van der Waals surface area contributed by atoms with Gasteiger partial charge >= 0.3 is 0 Å². The molecule has 0 fully saturated rings. The molecule has 0 aliphatic carbocycles. The smallest absolute Gasteiger partial charge is 0.0542 e. The van der Waals surface area contributed by atoms with Gasteiger partial charge in [0.1, 0.15) is 0 Å². The van der Waals surface area contributed by atoms with Crippen molar-refractivity contribution in [3.05, 3.63) is 0 Å². The van der Waals surface area contributed by atoms with Gasteiger partial charge in [0.15, 0.2) is 0 Å². The Morgan fingerprint density at radius 2 is 1.83 bits per heavy atom. The zero-order valence-electron chi connectivity index (χ0n) is 8.71. The van der Waals surface area contributed by atoms with Crippen LogP contribution < -0.4 is 0 Å². The summed E-state index contributed by atoms with van der Waals surface area (Å²) in [4.78, 5) is 0. The van der Waals surface area contributed by atoms with Gasteiger partial charge in [-0.3, -0.25) is 0 Å². The molecule has 1 nitrogen and oxygen atoms in total. The van der Waals surface area contributed by atoms with E-state index in [0.717, 1.165) is 6.42 Å². The lowest BCUT2D eigenvalue weighted by Gasteiger charge is -2.23. The van der Waals surface area contributed by atoms with Crippen molar-refractivity contribution < 1.29 is 5.11 Å². The predicted molar refractivity (Wildman–Crippen MR) is 57.6 cm³/mol. The van der Waals surface area contributed by atoms with E-state index >= 15 is 0 Å². The van der Waals surface area contributed by atoms with Crippen LogP contribution >= 0.6 is 11.8 Å². The minimum Gasteiger partial charge on any atom is -0.393 e. The van der Waals surface area contributed by atoms with E-state index < -0.39 is 0 Å². The van der Waals surface area contributed by atoms with E-state index in [9.17, 15) is 5.11 Å². The molecule has 0 rings (SSSR count). The molecule has 0 aliphatic rings. The number of aliphatic hydroxyl groups is 1. The van der Waals surface area contributed by atoms with E-state index in [1.165, 1.54) is 12.2 Å². The van der Waals surface area contributed by atoms with Crippen molar-refractivity contribution >= 4 is 11.8 Å². The second-order valence-electron chi connectivity index (χ2n) is 3.78. The second-order valence-corrected chi connectivity index (χ2v) is 4.77. The van der Waals surface area contributed by atoms with Gasteiger partial charge in [-0.2, -0.15) is 11.8 Å². The average Bonchev–Trinajstić information content (AvgIpc) is 1.96. The highest BCUT2D eigenvalue weighted by Crippen LogP contribution is 2.21. The maximum atomic E-state index is 9.48. The normalized spacial score (nSPS) is 16.5. The van der Waals surface area contributed by atoms with Crippen molar-refractivity contribution in [1.29, 1.82) is 0 Å². The summed E-state index contributed by atoms with van der Waals surface area (Å²) in [5, 5.41) is 9.48. The molecular formula is C10H22OS. The minimum absolute atomic E-state index is 0.146. The van der Waals surface area contributed by atoms with Crippen LogP contribution in [0.3, 0.4) is 0 Å². The Morgan fingerprint density at radius 1 is 1.25 bits per heavy atom. The van der Waals surface area contributed by atoms with Gasteiger partial charge in [-0.1, -0.05) is 13.8 Å². The van der Waals surface area contributed by atoms with Crippen molar-refractivity contribution in [2.24, 2.45) is 11.8 Å². The van der Waals surface area contributed by atoms with E-state index in [-0.39, 0.29) is 6.10 Å². The van der Waals surface area contributed by atoms with E-state index in [1.54, 1.807) is 0 Å². The van der Waals surface area contributed by atoms with Crippen LogP contribution in [0, 0.1) is 11.8 Å². The molecule has 0 saturated heterocycles. The molecule has 0 amide bonds. The van der Waals surface area contributed by atoms with Crippen molar-refractivity contribution in [3.63, 3.8) is 0 Å². The van der Waals surface area contributed by atoms with Gasteiger partial charge in [0.2, 0.25) is 0 Å². The van der Waals surface area contributed by atoms with Crippen LogP contribution in [0.15, 0.2) is 0 Å². The summed E-state index contributed by atoms with van der Waals surface area (Å²) in [5.41, 5.74) is 0. The van der Waals surface area contributed by atoms with E-state index in [4.69, 9.17) is 0 Å². The third-order valence-corrected chi connectivity index (χ3v) is 3.06. The molecule has 0 saturated carbocycles. The van der Waals surface area contributed by atoms with Gasteiger partial charge in [0.25, 0.3) is 0 Å². The van der Waals surface area contributed by atoms with Crippen molar-refractivity contribution in [2.75, 3.05) is 12.0 Å². The molecular weight excluding hydrogens is 168 g/mol. The highest BCUT2D eigenvalue weighted by Gasteiger charge is 2.17. The first-order valence-electron chi connectivity index (χ1n) is 4.76. The van der Waals surface area contributed by atoms with Gasteiger partial charge in [0.05, 0.1) is 6.10 Å². The molecule has 0 aliphatic heterocycles. The van der Waals surface area contributed by atoms with Crippen LogP contribution in [-0.4, -0.2) is 23.2 Å². The maximum Gasteiger partial charge on any atom is 0.0542 e. The summed E-state index contributed by atoms with van der Waals surface area (Å²) in [5.74, 6) is 2.31. The van der Waals surface area contributed by atoms with Crippen LogP contribution in [0.1, 0.15) is 33.6 Å². The zero-order valence-corrected chi connectivity index (χ0v) is 9.53. The SMILES string of the molecule is CSCCCC(C(C)C)C(C)O. The lowest BCUT2D eigenvalue weighted by atomic mass is 9.87. The molecule has 0 aromatic rings. The first-order chi connectivity index (χ1) is 5.59. The molecule has 0 heterocycles. The molecule has 2 heteroatoms. The Kier molecular flexibility index (Phi) is 6.96. The van der Waals surface area contributed by atoms with Crippen LogP contribution in [0.25, 0.3) is 0 Å². The Hall–Kier alpha value is 0.310. The second kappa shape index (κ2) is 6.79. The first kappa shape index (κ1) is 12.3. The molecule has 12 heavy (non-hydrogen) atoms. The number of hydrogen-bond acceptors (Lipinski definition) is 2. The molecule has 0 aromatic carbocycles. The number of hydrogen-bond donors (Lipinski definition) is 1. The molecule has 0 bridgehead atoms. The molecule has 0 radical (unpaired) electrons. The minimum atomic E-state index is -0.146. The summed E-state index contributed by atoms with van der Waals surface area (Å²) in [6.07, 6.45) is 4.38. The summed E-state index contributed by atoms with van der Waals surface area (Å²) in [6.45, 7) is 6.29. The number of thioether (sulfide) groups is 1. The first-order valence-corrected chi connectivity index (χ1v) is 6.16. The standard InChI is InChI=1S/C10H22OS/c1-8(2)10(9(3)11)6-5-7-12-4/h8-11H,5-7H2,1-4H3. The quantitative estimate of drug-likeness (QED) is 0.650. The Labute approximate surface area is 80.9 Å². The Balaban J connectivity index is 3.64. The Morgan fingerprint density at radius 3 is 2.17 bits per heavy atom. The summed E-state index contributed by atoms with van der Waals surface area (Å²) >= 11 is 1.89. The highest BCUT2D eigenvalue weighted by atomic mass is 32.2. The summed E-state index contributed by atoms with van der Waals surface area (Å²) in [6, 6.07) is 0. The van der Waals surface area contributed by atoms with Gasteiger partial charge in [-0.25, -0.2) is 0 Å². The monoisotopic (exact) mass is 190 g/mol. The number of aliphatic hydroxyl groups excluding tert-OH is 1. The van der Waals surface area contributed by atoms with Crippen molar-refractivity contribution in [3.8, 4) is 0 Å². The summed E-state index contributed by atoms with van der Waals surface area (Å²) in [7, 11) is 0. The molecule has 2 atom stereocenters. The lowest BCUT2D eigenvalue weighted by Crippen LogP contribution is -2.22. The van der Waals surface area contributed by atoms with Gasteiger partial charge in [-0.05, 0) is 43.6 Å². The van der Waals surface area contributed by atoms with E-state index in [1.807, 2.05) is 18.7 Å². The Bertz CT molecular complexity index is 94.0. The molecule has 2 unspecified atom stereocenters. The summed E-state index contributed by atoms with van der Waals surface area (Å²) < 4.78 is 0. The number of rotatable bonds is 6. The van der Waals surface area contributed by atoms with Gasteiger partial charge in [0, 0.05) is 0 Å². The fourth-order valence-electron chi connectivity index (χ4n) is 1.59. The largest absolute Gasteiger partial charge is 0.393 e. The predicted octanol–water partition coefficient (Wildman–Crippen LogP) is 2.78. The molecule has 0 spiro atoms.